The van der Waals surface area contributed by atoms with E-state index in [1.807, 2.05) is 35.8 Å². The van der Waals surface area contributed by atoms with Gasteiger partial charge >= 0.3 is 0 Å². The largest absolute Gasteiger partial charge is 0.330 e. The molecule has 8 heteroatoms. The number of nitrogens with one attached hydrogen (secondary N) is 1. The number of imidazole rings is 1. The summed E-state index contributed by atoms with van der Waals surface area (Å²) in [5.41, 5.74) is 3.84. The topological polar surface area (TPSA) is 107 Å². The summed E-state index contributed by atoms with van der Waals surface area (Å²) in [5, 5.41) is 7.98. The van der Waals surface area contributed by atoms with E-state index in [0.29, 0.717) is 12.2 Å². The Morgan fingerprint density at radius 2 is 1.96 bits per heavy atom. The number of para-hydroxylation sites is 2. The molecule has 1 aromatic heterocycles. The second-order valence-electron chi connectivity index (χ2n) is 6.18. The summed E-state index contributed by atoms with van der Waals surface area (Å²) in [6, 6.07) is 10.6. The molecule has 3 aromatic rings. The van der Waals surface area contributed by atoms with Crippen molar-refractivity contribution in [1.82, 2.24) is 9.55 Å². The van der Waals surface area contributed by atoms with Crippen LogP contribution in [0.25, 0.3) is 11.0 Å². The molecular formula is C18H20N4O3S. The Hall–Kier alpha value is -2.71. The van der Waals surface area contributed by atoms with E-state index in [1.165, 1.54) is 12.1 Å². The number of primary sulfonamides is 1. The van der Waals surface area contributed by atoms with Crippen molar-refractivity contribution in [2.24, 2.45) is 5.14 Å². The summed E-state index contributed by atoms with van der Waals surface area (Å²) in [7, 11) is -3.84. The number of sulfonamides is 1. The van der Waals surface area contributed by atoms with Gasteiger partial charge in [0, 0.05) is 18.7 Å². The standard InChI is InChI=1S/C18H20N4O3S/c1-12-9-14(26(19,24)25)10-16(13(12)2)21-18(23)7-8-22-11-20-15-5-3-4-6-17(15)22/h3-6,9-11H,7-8H2,1-2H3,(H,21,23)(H2,19,24,25). The zero-order chi connectivity index (χ0) is 18.9. The van der Waals surface area contributed by atoms with E-state index < -0.39 is 10.0 Å². The van der Waals surface area contributed by atoms with E-state index in [0.717, 1.165) is 22.2 Å². The van der Waals surface area contributed by atoms with Gasteiger partial charge in [-0.25, -0.2) is 18.5 Å². The van der Waals surface area contributed by atoms with E-state index in [-0.39, 0.29) is 17.2 Å². The number of hydrogen-bond acceptors (Lipinski definition) is 4. The molecule has 0 atom stereocenters. The Labute approximate surface area is 151 Å². The summed E-state index contributed by atoms with van der Waals surface area (Å²) in [6.45, 7) is 4.07. The first kappa shape index (κ1) is 18.1. The normalized spacial score (nSPS) is 11.7. The molecule has 0 radical (unpaired) electrons. The monoisotopic (exact) mass is 372 g/mol. The number of nitrogens with two attached hydrogens (primary N) is 1. The second kappa shape index (κ2) is 6.89. The molecule has 26 heavy (non-hydrogen) atoms. The van der Waals surface area contributed by atoms with Gasteiger partial charge in [-0.2, -0.15) is 0 Å². The van der Waals surface area contributed by atoms with Crippen molar-refractivity contribution >= 4 is 32.7 Å². The fraction of sp³-hybridized carbons (Fsp3) is 0.222. The minimum Gasteiger partial charge on any atom is -0.330 e. The summed E-state index contributed by atoms with van der Waals surface area (Å²) in [6.07, 6.45) is 1.94. The smallest absolute Gasteiger partial charge is 0.238 e. The van der Waals surface area contributed by atoms with Crippen LogP contribution in [0.4, 0.5) is 5.69 Å². The highest BCUT2D eigenvalue weighted by atomic mass is 32.2. The highest BCUT2D eigenvalue weighted by molar-refractivity contribution is 7.89. The van der Waals surface area contributed by atoms with Crippen LogP contribution in [0.1, 0.15) is 17.5 Å². The third-order valence-electron chi connectivity index (χ3n) is 4.35. The molecule has 0 aliphatic carbocycles. The third-order valence-corrected chi connectivity index (χ3v) is 5.24. The van der Waals surface area contributed by atoms with Gasteiger partial charge < -0.3 is 9.88 Å². The maximum absolute atomic E-state index is 12.3. The lowest BCUT2D eigenvalue weighted by molar-refractivity contribution is -0.116. The lowest BCUT2D eigenvalue weighted by atomic mass is 10.1. The van der Waals surface area contributed by atoms with Gasteiger partial charge in [0.15, 0.2) is 0 Å². The fourth-order valence-corrected chi connectivity index (χ4v) is 3.37. The highest BCUT2D eigenvalue weighted by Gasteiger charge is 2.14. The zero-order valence-corrected chi connectivity index (χ0v) is 15.4. The number of carbonyl (C=O) groups is 1. The first-order valence-electron chi connectivity index (χ1n) is 8.09. The number of fused-ring (bicyclic) bond motifs is 1. The number of benzene rings is 2. The number of aromatic nitrogens is 2. The molecular weight excluding hydrogens is 352 g/mol. The molecule has 3 N–H and O–H groups in total. The molecule has 0 saturated heterocycles. The minimum atomic E-state index is -3.84. The molecule has 3 rings (SSSR count). The van der Waals surface area contributed by atoms with Crippen LogP contribution < -0.4 is 10.5 Å². The van der Waals surface area contributed by atoms with Crippen LogP contribution in [-0.4, -0.2) is 23.9 Å². The Morgan fingerprint density at radius 1 is 1.23 bits per heavy atom. The Bertz CT molecular complexity index is 1090. The van der Waals surface area contributed by atoms with Crippen molar-refractivity contribution in [3.63, 3.8) is 0 Å². The minimum absolute atomic E-state index is 0.0171. The average Bonchev–Trinajstić information content (AvgIpc) is 2.99. The number of aryl methyl sites for hydroxylation is 2. The van der Waals surface area contributed by atoms with E-state index in [9.17, 15) is 13.2 Å². The van der Waals surface area contributed by atoms with Crippen molar-refractivity contribution in [3.05, 3.63) is 53.9 Å². The molecule has 0 spiro atoms. The quantitative estimate of drug-likeness (QED) is 0.716. The number of anilines is 1. The van der Waals surface area contributed by atoms with Crippen LogP contribution in [0.5, 0.6) is 0 Å². The van der Waals surface area contributed by atoms with Gasteiger partial charge in [0.1, 0.15) is 0 Å². The highest BCUT2D eigenvalue weighted by Crippen LogP contribution is 2.23. The molecule has 7 nitrogen and oxygen atoms in total. The number of carbonyl (C=O) groups excluding carboxylic acids is 1. The van der Waals surface area contributed by atoms with Gasteiger partial charge in [0.2, 0.25) is 15.9 Å². The van der Waals surface area contributed by atoms with Crippen LogP contribution in [-0.2, 0) is 21.4 Å². The molecule has 0 unspecified atom stereocenters. The van der Waals surface area contributed by atoms with Gasteiger partial charge in [0.25, 0.3) is 0 Å². The van der Waals surface area contributed by atoms with E-state index in [2.05, 4.69) is 10.3 Å². The van der Waals surface area contributed by atoms with E-state index in [1.54, 1.807) is 13.3 Å². The molecule has 0 aliphatic heterocycles. The maximum atomic E-state index is 12.3. The lowest BCUT2D eigenvalue weighted by Gasteiger charge is -2.13. The third kappa shape index (κ3) is 3.76. The molecule has 2 aromatic carbocycles. The van der Waals surface area contributed by atoms with Crippen LogP contribution >= 0.6 is 0 Å². The van der Waals surface area contributed by atoms with Gasteiger partial charge in [-0.05, 0) is 49.2 Å². The molecule has 0 bridgehead atoms. The molecule has 0 saturated carbocycles. The number of hydrogen-bond donors (Lipinski definition) is 2. The second-order valence-corrected chi connectivity index (χ2v) is 7.74. The van der Waals surface area contributed by atoms with Gasteiger partial charge in [-0.1, -0.05) is 12.1 Å². The Morgan fingerprint density at radius 3 is 2.69 bits per heavy atom. The van der Waals surface area contributed by atoms with Crippen molar-refractivity contribution in [2.45, 2.75) is 31.7 Å². The van der Waals surface area contributed by atoms with E-state index in [4.69, 9.17) is 5.14 Å². The maximum Gasteiger partial charge on any atom is 0.238 e. The van der Waals surface area contributed by atoms with Gasteiger partial charge in [-0.3, -0.25) is 4.79 Å². The first-order valence-corrected chi connectivity index (χ1v) is 9.64. The predicted molar refractivity (Wildman–Crippen MR) is 100 cm³/mol. The van der Waals surface area contributed by atoms with Crippen molar-refractivity contribution in [1.29, 1.82) is 0 Å². The van der Waals surface area contributed by atoms with Crippen LogP contribution in [0, 0.1) is 13.8 Å². The van der Waals surface area contributed by atoms with Crippen LogP contribution in [0.3, 0.4) is 0 Å². The number of rotatable bonds is 5. The Kier molecular flexibility index (Phi) is 4.80. The van der Waals surface area contributed by atoms with E-state index >= 15 is 0 Å². The number of amides is 1. The van der Waals surface area contributed by atoms with Gasteiger partial charge in [0.05, 0.1) is 22.3 Å². The fourth-order valence-electron chi connectivity index (χ4n) is 2.74. The van der Waals surface area contributed by atoms with Crippen molar-refractivity contribution < 1.29 is 13.2 Å². The SMILES string of the molecule is Cc1cc(S(N)(=O)=O)cc(NC(=O)CCn2cnc3ccccc32)c1C. The predicted octanol–water partition coefficient (Wildman–Crippen LogP) is 2.33. The van der Waals surface area contributed by atoms with Crippen molar-refractivity contribution in [3.8, 4) is 0 Å². The number of nitrogens with zero attached hydrogens (tertiary/aromatic N) is 2. The van der Waals surface area contributed by atoms with Crippen LogP contribution in [0.15, 0.2) is 47.6 Å². The summed E-state index contributed by atoms with van der Waals surface area (Å²) in [5.74, 6) is -0.211. The summed E-state index contributed by atoms with van der Waals surface area (Å²) in [4.78, 5) is 16.6. The lowest BCUT2D eigenvalue weighted by Crippen LogP contribution is -2.17. The molecule has 1 heterocycles. The average molecular weight is 372 g/mol. The summed E-state index contributed by atoms with van der Waals surface area (Å²) >= 11 is 0. The molecule has 0 fully saturated rings. The molecule has 1 amide bonds. The van der Waals surface area contributed by atoms with Crippen molar-refractivity contribution in [2.75, 3.05) is 5.32 Å². The summed E-state index contributed by atoms with van der Waals surface area (Å²) < 4.78 is 25.1. The van der Waals surface area contributed by atoms with Crippen LogP contribution in [0.2, 0.25) is 0 Å². The van der Waals surface area contributed by atoms with Gasteiger partial charge in [-0.15, -0.1) is 0 Å². The molecule has 136 valence electrons. The first-order chi connectivity index (χ1) is 12.3. The molecule has 0 aliphatic rings. The Balaban J connectivity index is 1.75. The zero-order valence-electron chi connectivity index (χ0n) is 14.6.